The molecule has 3 heterocycles. The van der Waals surface area contributed by atoms with E-state index in [0.29, 0.717) is 23.5 Å². The summed E-state index contributed by atoms with van der Waals surface area (Å²) in [5, 5.41) is 4.76. The summed E-state index contributed by atoms with van der Waals surface area (Å²) >= 11 is 5.71. The third-order valence-electron chi connectivity index (χ3n) is 5.73. The van der Waals surface area contributed by atoms with Crippen molar-refractivity contribution in [3.63, 3.8) is 0 Å². The highest BCUT2D eigenvalue weighted by Gasteiger charge is 2.28. The maximum absolute atomic E-state index is 13.0. The van der Waals surface area contributed by atoms with Gasteiger partial charge >= 0.3 is 5.97 Å². The number of methoxy groups -OCH3 is 1. The van der Waals surface area contributed by atoms with E-state index in [1.165, 1.54) is 6.07 Å². The molecule has 35 heavy (non-hydrogen) atoms. The second-order valence-electron chi connectivity index (χ2n) is 7.94. The maximum atomic E-state index is 13.0. The summed E-state index contributed by atoms with van der Waals surface area (Å²) < 4.78 is 23.7. The molecule has 0 spiro atoms. The van der Waals surface area contributed by atoms with E-state index in [0.717, 1.165) is 28.8 Å². The average molecular weight is 493 g/mol. The Morgan fingerprint density at radius 1 is 1.17 bits per heavy atom. The number of rotatable bonds is 7. The number of aromatic nitrogens is 2. The molecule has 1 aliphatic heterocycles. The lowest BCUT2D eigenvalue weighted by atomic mass is 10.1. The van der Waals surface area contributed by atoms with Crippen molar-refractivity contribution >= 4 is 40.3 Å². The molecule has 1 aliphatic rings. The summed E-state index contributed by atoms with van der Waals surface area (Å²) in [6.45, 7) is 2.83. The smallest absolute Gasteiger partial charge is 0.311 e. The summed E-state index contributed by atoms with van der Waals surface area (Å²) in [7, 11) is 1.62. The number of hydrogen-bond acceptors (Lipinski definition) is 7. The van der Waals surface area contributed by atoms with Crippen molar-refractivity contribution in [1.82, 2.24) is 9.72 Å². The molecule has 0 bridgehead atoms. The second-order valence-corrected chi connectivity index (χ2v) is 8.33. The molecule has 4 aromatic rings. The Morgan fingerprint density at radius 3 is 2.74 bits per heavy atom. The lowest BCUT2D eigenvalue weighted by Crippen LogP contribution is -2.08. The molecule has 0 N–H and O–H groups in total. The van der Waals surface area contributed by atoms with Crippen LogP contribution < -0.4 is 14.2 Å². The van der Waals surface area contributed by atoms with Crippen LogP contribution in [0.3, 0.4) is 0 Å². The summed E-state index contributed by atoms with van der Waals surface area (Å²) in [5.41, 5.74) is 2.28. The van der Waals surface area contributed by atoms with Crippen molar-refractivity contribution in [1.29, 1.82) is 0 Å². The topological polar surface area (TPSA) is 92.8 Å². The zero-order chi connectivity index (χ0) is 24.5. The Kier molecular flexibility index (Phi) is 6.05. The first-order valence-electron chi connectivity index (χ1n) is 11.0. The molecule has 0 amide bonds. The monoisotopic (exact) mass is 492 g/mol. The number of carbonyl (C=O) groups excluding carboxylic acids is 2. The number of ketones is 1. The SMILES string of the molecule is CCn1cc(/C=C2\Oc3cc(OC(=O)CCc4cc(Cl)no4)ccc3C2=O)c2cc(OC)ccc21. The van der Waals surface area contributed by atoms with Crippen LogP contribution in [0.25, 0.3) is 17.0 Å². The number of fused-ring (bicyclic) bond motifs is 2. The number of nitrogens with zero attached hydrogens (tertiary/aromatic N) is 2. The fraction of sp³-hybridized carbons (Fsp3) is 0.192. The molecule has 5 rings (SSSR count). The van der Waals surface area contributed by atoms with E-state index in [2.05, 4.69) is 16.6 Å². The van der Waals surface area contributed by atoms with E-state index >= 15 is 0 Å². The molecule has 0 saturated carbocycles. The van der Waals surface area contributed by atoms with E-state index in [-0.39, 0.29) is 28.9 Å². The van der Waals surface area contributed by atoms with Gasteiger partial charge in [-0.05, 0) is 43.3 Å². The van der Waals surface area contributed by atoms with Crippen LogP contribution in [0.5, 0.6) is 17.2 Å². The van der Waals surface area contributed by atoms with Crippen molar-refractivity contribution in [2.24, 2.45) is 0 Å². The van der Waals surface area contributed by atoms with Gasteiger partial charge in [0, 0.05) is 47.8 Å². The molecule has 178 valence electrons. The van der Waals surface area contributed by atoms with Crippen LogP contribution >= 0.6 is 11.6 Å². The minimum absolute atomic E-state index is 0.0818. The van der Waals surface area contributed by atoms with E-state index in [9.17, 15) is 9.59 Å². The number of aryl methyl sites for hydroxylation is 2. The fourth-order valence-electron chi connectivity index (χ4n) is 3.99. The zero-order valence-corrected chi connectivity index (χ0v) is 19.8. The molecule has 0 radical (unpaired) electrons. The number of carbonyl (C=O) groups is 2. The highest BCUT2D eigenvalue weighted by atomic mass is 35.5. The minimum Gasteiger partial charge on any atom is -0.497 e. The van der Waals surface area contributed by atoms with Crippen LogP contribution in [0.2, 0.25) is 5.15 Å². The predicted octanol–water partition coefficient (Wildman–Crippen LogP) is 5.47. The maximum Gasteiger partial charge on any atom is 0.311 e. The normalized spacial score (nSPS) is 13.8. The zero-order valence-electron chi connectivity index (χ0n) is 19.0. The van der Waals surface area contributed by atoms with Crippen molar-refractivity contribution in [3.8, 4) is 17.2 Å². The van der Waals surface area contributed by atoms with Crippen LogP contribution in [0.15, 0.2) is 58.9 Å². The van der Waals surface area contributed by atoms with Gasteiger partial charge in [-0.25, -0.2) is 0 Å². The number of ether oxygens (including phenoxy) is 3. The van der Waals surface area contributed by atoms with Gasteiger partial charge in [-0.1, -0.05) is 16.8 Å². The van der Waals surface area contributed by atoms with Crippen LogP contribution in [0.4, 0.5) is 0 Å². The molecule has 8 nitrogen and oxygen atoms in total. The quantitative estimate of drug-likeness (QED) is 0.192. The van der Waals surface area contributed by atoms with E-state index in [4.69, 9.17) is 30.3 Å². The van der Waals surface area contributed by atoms with Gasteiger partial charge in [0.05, 0.1) is 19.1 Å². The largest absolute Gasteiger partial charge is 0.497 e. The lowest BCUT2D eigenvalue weighted by molar-refractivity contribution is -0.134. The molecule has 0 aliphatic carbocycles. The number of esters is 1. The van der Waals surface area contributed by atoms with Crippen molar-refractivity contribution in [3.05, 3.63) is 76.5 Å². The standard InChI is InChI=1S/C26H21ClN2O6/c1-3-29-14-15(20-11-16(32-2)5-8-21(20)29)10-23-26(31)19-7-4-17(12-22(19)34-23)33-25(30)9-6-18-13-24(27)28-35-18/h4-5,7-8,10-14H,3,6,9H2,1-2H3/b23-10-. The molecule has 2 aromatic heterocycles. The first kappa shape index (κ1) is 22.7. The van der Waals surface area contributed by atoms with Crippen LogP contribution in [0.1, 0.15) is 35.0 Å². The Labute approximate surface area is 205 Å². The third kappa shape index (κ3) is 4.52. The highest BCUT2D eigenvalue weighted by Crippen LogP contribution is 2.36. The number of halogens is 1. The van der Waals surface area contributed by atoms with Crippen molar-refractivity contribution < 1.29 is 28.3 Å². The fourth-order valence-corrected chi connectivity index (χ4v) is 4.15. The van der Waals surface area contributed by atoms with Crippen molar-refractivity contribution in [2.75, 3.05) is 7.11 Å². The predicted molar refractivity (Wildman–Crippen MR) is 129 cm³/mol. The molecular formula is C26H21ClN2O6. The number of hydrogen-bond donors (Lipinski definition) is 0. The number of benzene rings is 2. The van der Waals surface area contributed by atoms with Gasteiger partial charge in [0.2, 0.25) is 5.78 Å². The summed E-state index contributed by atoms with van der Waals surface area (Å²) in [4.78, 5) is 25.2. The first-order valence-corrected chi connectivity index (χ1v) is 11.4. The van der Waals surface area contributed by atoms with Crippen LogP contribution in [-0.2, 0) is 17.8 Å². The average Bonchev–Trinajstić information content (AvgIpc) is 3.53. The van der Waals surface area contributed by atoms with Gasteiger partial charge in [0.25, 0.3) is 0 Å². The first-order chi connectivity index (χ1) is 16.9. The Balaban J connectivity index is 1.34. The second kappa shape index (κ2) is 9.31. The lowest BCUT2D eigenvalue weighted by Gasteiger charge is -2.05. The van der Waals surface area contributed by atoms with Crippen LogP contribution in [-0.4, -0.2) is 28.6 Å². The van der Waals surface area contributed by atoms with Gasteiger partial charge < -0.3 is 23.3 Å². The minimum atomic E-state index is -0.459. The summed E-state index contributed by atoms with van der Waals surface area (Å²) in [6.07, 6.45) is 4.09. The molecule has 2 aromatic carbocycles. The molecule has 0 atom stereocenters. The van der Waals surface area contributed by atoms with E-state index < -0.39 is 5.97 Å². The van der Waals surface area contributed by atoms with Gasteiger partial charge in [-0.2, -0.15) is 0 Å². The number of Topliss-reactive ketones (excluding diaryl/α,β-unsaturated/α-hetero) is 1. The van der Waals surface area contributed by atoms with E-state index in [1.807, 2.05) is 24.4 Å². The number of allylic oxidation sites excluding steroid dienone is 1. The van der Waals surface area contributed by atoms with E-state index in [1.54, 1.807) is 31.4 Å². The highest BCUT2D eigenvalue weighted by molar-refractivity contribution is 6.29. The Morgan fingerprint density at radius 2 is 2.00 bits per heavy atom. The molecular weight excluding hydrogens is 472 g/mol. The summed E-state index contributed by atoms with van der Waals surface area (Å²) in [6, 6.07) is 12.1. The molecule has 0 fully saturated rings. The van der Waals surface area contributed by atoms with Crippen LogP contribution in [0, 0.1) is 0 Å². The van der Waals surface area contributed by atoms with Gasteiger partial charge in [0.1, 0.15) is 23.0 Å². The molecule has 9 heteroatoms. The van der Waals surface area contributed by atoms with Crippen molar-refractivity contribution in [2.45, 2.75) is 26.3 Å². The van der Waals surface area contributed by atoms with Gasteiger partial charge in [-0.15, -0.1) is 0 Å². The summed E-state index contributed by atoms with van der Waals surface area (Å²) in [5.74, 6) is 1.34. The molecule has 0 unspecified atom stereocenters. The van der Waals surface area contributed by atoms with Gasteiger partial charge in [-0.3, -0.25) is 9.59 Å². The Bertz CT molecular complexity index is 1480. The van der Waals surface area contributed by atoms with Gasteiger partial charge in [0.15, 0.2) is 10.9 Å². The molecule has 0 saturated heterocycles. The third-order valence-corrected chi connectivity index (χ3v) is 5.90. The Hall–Kier alpha value is -4.04.